The first-order chi connectivity index (χ1) is 13.2. The fourth-order valence-electron chi connectivity index (χ4n) is 4.46. The third-order valence-electron chi connectivity index (χ3n) is 5.91. The molecule has 2 amide bonds. The molecule has 1 aromatic heterocycles. The van der Waals surface area contributed by atoms with Gasteiger partial charge in [0, 0.05) is 50.4 Å². The number of hydrogen-bond donors (Lipinski definition) is 1. The van der Waals surface area contributed by atoms with Gasteiger partial charge in [-0.2, -0.15) is 0 Å². The maximum Gasteiger partial charge on any atom is 0.289 e. The maximum atomic E-state index is 12.7. The number of aromatic nitrogens is 2. The van der Waals surface area contributed by atoms with Gasteiger partial charge in [0.25, 0.3) is 5.91 Å². The van der Waals surface area contributed by atoms with Gasteiger partial charge in [-0.1, -0.05) is 30.3 Å². The molecule has 2 aromatic rings. The van der Waals surface area contributed by atoms with E-state index in [1.54, 1.807) is 12.4 Å². The van der Waals surface area contributed by atoms with E-state index in [0.717, 1.165) is 45.3 Å². The molecule has 6 heteroatoms. The van der Waals surface area contributed by atoms with Crippen LogP contribution < -0.4 is 0 Å². The number of likely N-dealkylation sites (tertiary alicyclic amines) is 2. The first-order valence-corrected chi connectivity index (χ1v) is 9.76. The summed E-state index contributed by atoms with van der Waals surface area (Å²) in [6.07, 6.45) is 7.66. The number of piperidine rings is 2. The molecule has 0 saturated carbocycles. The Labute approximate surface area is 159 Å². The van der Waals surface area contributed by atoms with E-state index in [0.29, 0.717) is 18.8 Å². The monoisotopic (exact) mass is 366 g/mol. The zero-order valence-electron chi connectivity index (χ0n) is 15.6. The van der Waals surface area contributed by atoms with E-state index in [9.17, 15) is 9.59 Å². The molecule has 2 saturated heterocycles. The number of aromatic amines is 1. The second kappa shape index (κ2) is 7.55. The summed E-state index contributed by atoms with van der Waals surface area (Å²) in [6, 6.07) is 10.3. The summed E-state index contributed by atoms with van der Waals surface area (Å²) in [4.78, 5) is 36.1. The Bertz CT molecular complexity index is 790. The fraction of sp³-hybridized carbons (Fsp3) is 0.476. The second-order valence-corrected chi connectivity index (χ2v) is 7.82. The van der Waals surface area contributed by atoms with Gasteiger partial charge in [0.05, 0.1) is 0 Å². The molecule has 0 radical (unpaired) electrons. The summed E-state index contributed by atoms with van der Waals surface area (Å²) in [5.74, 6) is 0.609. The van der Waals surface area contributed by atoms with Crippen molar-refractivity contribution in [2.45, 2.75) is 32.1 Å². The van der Waals surface area contributed by atoms with Gasteiger partial charge < -0.3 is 14.8 Å². The molecule has 2 fully saturated rings. The zero-order valence-corrected chi connectivity index (χ0v) is 15.6. The average Bonchev–Trinajstić information content (AvgIpc) is 3.24. The van der Waals surface area contributed by atoms with Crippen molar-refractivity contribution >= 4 is 11.8 Å². The highest BCUT2D eigenvalue weighted by Gasteiger charge is 2.42. The molecule has 27 heavy (non-hydrogen) atoms. The molecule has 1 spiro atoms. The van der Waals surface area contributed by atoms with E-state index in [1.165, 1.54) is 5.56 Å². The van der Waals surface area contributed by atoms with Crippen molar-refractivity contribution in [2.24, 2.45) is 5.41 Å². The van der Waals surface area contributed by atoms with Crippen LogP contribution in [0.3, 0.4) is 0 Å². The molecule has 2 aliphatic rings. The van der Waals surface area contributed by atoms with Gasteiger partial charge in [-0.25, -0.2) is 4.98 Å². The summed E-state index contributed by atoms with van der Waals surface area (Å²) in [5, 5.41) is 0. The van der Waals surface area contributed by atoms with E-state index >= 15 is 0 Å². The molecule has 4 rings (SSSR count). The topological polar surface area (TPSA) is 69.3 Å². The Morgan fingerprint density at radius 2 is 2.04 bits per heavy atom. The molecular weight excluding hydrogens is 340 g/mol. The highest BCUT2D eigenvalue weighted by molar-refractivity contribution is 5.90. The van der Waals surface area contributed by atoms with E-state index in [1.807, 2.05) is 28.0 Å². The predicted octanol–water partition coefficient (Wildman–Crippen LogP) is 2.50. The molecule has 1 aromatic carbocycles. The van der Waals surface area contributed by atoms with Gasteiger partial charge in [-0.3, -0.25) is 9.59 Å². The van der Waals surface area contributed by atoms with Crippen molar-refractivity contribution in [3.8, 4) is 0 Å². The van der Waals surface area contributed by atoms with Crippen LogP contribution in [0.2, 0.25) is 0 Å². The number of nitrogens with one attached hydrogen (secondary N) is 1. The molecule has 0 bridgehead atoms. The van der Waals surface area contributed by atoms with Gasteiger partial charge in [0.2, 0.25) is 5.91 Å². The summed E-state index contributed by atoms with van der Waals surface area (Å²) in [7, 11) is 0. The van der Waals surface area contributed by atoms with Crippen molar-refractivity contribution < 1.29 is 9.59 Å². The lowest BCUT2D eigenvalue weighted by Crippen LogP contribution is -2.55. The van der Waals surface area contributed by atoms with Gasteiger partial charge in [0.1, 0.15) is 0 Å². The van der Waals surface area contributed by atoms with E-state index in [4.69, 9.17) is 0 Å². The van der Waals surface area contributed by atoms with Gasteiger partial charge >= 0.3 is 0 Å². The maximum absolute atomic E-state index is 12.7. The third kappa shape index (κ3) is 3.89. The summed E-state index contributed by atoms with van der Waals surface area (Å²) >= 11 is 0. The Morgan fingerprint density at radius 3 is 2.81 bits per heavy atom. The lowest BCUT2D eigenvalue weighted by atomic mass is 9.73. The number of imidazole rings is 1. The molecule has 0 unspecified atom stereocenters. The second-order valence-electron chi connectivity index (χ2n) is 7.82. The smallest absolute Gasteiger partial charge is 0.289 e. The molecule has 3 heterocycles. The summed E-state index contributed by atoms with van der Waals surface area (Å²) < 4.78 is 0. The van der Waals surface area contributed by atoms with Crippen LogP contribution in [0, 0.1) is 5.41 Å². The van der Waals surface area contributed by atoms with Gasteiger partial charge in [-0.15, -0.1) is 0 Å². The molecule has 6 nitrogen and oxygen atoms in total. The van der Waals surface area contributed by atoms with Crippen molar-refractivity contribution in [3.63, 3.8) is 0 Å². The minimum atomic E-state index is -0.0354. The number of carbonyl (C=O) groups excluding carboxylic acids is 2. The summed E-state index contributed by atoms with van der Waals surface area (Å²) in [5.41, 5.74) is 1.27. The van der Waals surface area contributed by atoms with Crippen LogP contribution in [0.5, 0.6) is 0 Å². The lowest BCUT2D eigenvalue weighted by molar-refractivity contribution is -0.138. The van der Waals surface area contributed by atoms with Crippen LogP contribution >= 0.6 is 0 Å². The summed E-state index contributed by atoms with van der Waals surface area (Å²) in [6.45, 7) is 2.97. The minimum absolute atomic E-state index is 0.0189. The van der Waals surface area contributed by atoms with Gasteiger partial charge in [0.15, 0.2) is 5.82 Å². The number of carbonyl (C=O) groups is 2. The first kappa shape index (κ1) is 17.8. The highest BCUT2D eigenvalue weighted by Crippen LogP contribution is 2.39. The first-order valence-electron chi connectivity index (χ1n) is 9.76. The Morgan fingerprint density at radius 1 is 1.19 bits per heavy atom. The largest absolute Gasteiger partial charge is 0.342 e. The molecule has 142 valence electrons. The van der Waals surface area contributed by atoms with Crippen LogP contribution in [-0.2, 0) is 11.2 Å². The van der Waals surface area contributed by atoms with Crippen molar-refractivity contribution in [1.29, 1.82) is 0 Å². The fourth-order valence-corrected chi connectivity index (χ4v) is 4.46. The molecule has 0 aliphatic carbocycles. The average molecular weight is 366 g/mol. The van der Waals surface area contributed by atoms with Crippen LogP contribution in [0.15, 0.2) is 42.7 Å². The number of amides is 2. The van der Waals surface area contributed by atoms with Crippen molar-refractivity contribution in [1.82, 2.24) is 19.8 Å². The van der Waals surface area contributed by atoms with E-state index < -0.39 is 0 Å². The van der Waals surface area contributed by atoms with Crippen LogP contribution in [0.4, 0.5) is 0 Å². The quantitative estimate of drug-likeness (QED) is 0.904. The Hall–Kier alpha value is -2.63. The number of H-pyrrole nitrogens is 1. The molecule has 1 atom stereocenters. The van der Waals surface area contributed by atoms with Crippen LogP contribution in [-0.4, -0.2) is 57.8 Å². The van der Waals surface area contributed by atoms with E-state index in [2.05, 4.69) is 22.1 Å². The lowest BCUT2D eigenvalue weighted by Gasteiger charge is -2.48. The number of benzene rings is 1. The Balaban J connectivity index is 1.42. The zero-order chi connectivity index (χ0) is 18.7. The molecular formula is C21H26N4O2. The van der Waals surface area contributed by atoms with Crippen LogP contribution in [0.1, 0.15) is 41.9 Å². The number of nitrogens with zero attached hydrogens (tertiary/aromatic N) is 3. The van der Waals surface area contributed by atoms with Crippen LogP contribution in [0.25, 0.3) is 0 Å². The van der Waals surface area contributed by atoms with Gasteiger partial charge in [-0.05, 0) is 31.2 Å². The van der Waals surface area contributed by atoms with Crippen molar-refractivity contribution in [3.05, 3.63) is 54.1 Å². The van der Waals surface area contributed by atoms with Crippen molar-refractivity contribution in [2.75, 3.05) is 26.2 Å². The third-order valence-corrected chi connectivity index (χ3v) is 5.91. The number of rotatable bonds is 4. The van der Waals surface area contributed by atoms with E-state index in [-0.39, 0.29) is 17.2 Å². The molecule has 1 N–H and O–H groups in total. The Kier molecular flexibility index (Phi) is 4.97. The SMILES string of the molecule is O=C1CC[C@]2(CCCN(C(=O)c3ncc[nH]3)C2)CN1CCc1ccccc1. The predicted molar refractivity (Wildman–Crippen MR) is 102 cm³/mol. The minimum Gasteiger partial charge on any atom is -0.342 e. The standard InChI is InChI=1S/C21H26N4O2/c26-18-7-10-21(15-24(18)14-8-17-5-2-1-3-6-17)9-4-13-25(16-21)20(27)19-22-11-12-23-19/h1-3,5-6,11-12H,4,7-10,13-16H2,(H,22,23)/t21-/m1/s1. The highest BCUT2D eigenvalue weighted by atomic mass is 16.2. The molecule has 2 aliphatic heterocycles. The number of hydrogen-bond acceptors (Lipinski definition) is 3. The normalized spacial score (nSPS) is 23.0.